The van der Waals surface area contributed by atoms with Crippen molar-refractivity contribution in [2.75, 3.05) is 37.6 Å². The number of rotatable bonds is 9. The van der Waals surface area contributed by atoms with Gasteiger partial charge in [-0.1, -0.05) is 42.8 Å². The van der Waals surface area contributed by atoms with Crippen LogP contribution in [0.5, 0.6) is 11.5 Å². The van der Waals surface area contributed by atoms with Crippen LogP contribution in [-0.2, 0) is 22.9 Å². The van der Waals surface area contributed by atoms with Crippen molar-refractivity contribution < 1.29 is 17.9 Å². The lowest BCUT2D eigenvalue weighted by Crippen LogP contribution is -2.25. The van der Waals surface area contributed by atoms with Crippen LogP contribution in [0.15, 0.2) is 59.5 Å². The summed E-state index contributed by atoms with van der Waals surface area (Å²) < 4.78 is 40.9. The van der Waals surface area contributed by atoms with Gasteiger partial charge >= 0.3 is 0 Å². The van der Waals surface area contributed by atoms with Crippen molar-refractivity contribution in [1.29, 1.82) is 0 Å². The van der Waals surface area contributed by atoms with Crippen molar-refractivity contribution in [3.8, 4) is 11.5 Å². The first kappa shape index (κ1) is 25.3. The molecule has 186 valence electrons. The number of hydrogen-bond donors (Lipinski definition) is 1. The Balaban J connectivity index is 1.59. The minimum atomic E-state index is -3.93. The van der Waals surface area contributed by atoms with Gasteiger partial charge in [0.15, 0.2) is 11.6 Å². The number of halogens is 1. The van der Waals surface area contributed by atoms with Gasteiger partial charge in [0.25, 0.3) is 10.0 Å². The van der Waals surface area contributed by atoms with Crippen LogP contribution in [0.2, 0.25) is 5.02 Å². The second-order valence-electron chi connectivity index (χ2n) is 8.35. The van der Waals surface area contributed by atoms with E-state index in [1.54, 1.807) is 19.1 Å². The van der Waals surface area contributed by atoms with Crippen LogP contribution in [0.4, 0.5) is 5.82 Å². The summed E-state index contributed by atoms with van der Waals surface area (Å²) in [6.07, 6.45) is 1.57. The molecule has 9 heteroatoms. The zero-order valence-electron chi connectivity index (χ0n) is 20.0. The summed E-state index contributed by atoms with van der Waals surface area (Å²) in [4.78, 5) is 7.19. The molecule has 1 N–H and O–H groups in total. The Kier molecular flexibility index (Phi) is 8.15. The Morgan fingerprint density at radius 3 is 2.54 bits per heavy atom. The van der Waals surface area contributed by atoms with Crippen LogP contribution in [-0.4, -0.2) is 51.1 Å². The first-order chi connectivity index (χ1) is 16.9. The maximum absolute atomic E-state index is 13.3. The van der Waals surface area contributed by atoms with Gasteiger partial charge in [-0.05, 0) is 61.3 Å². The van der Waals surface area contributed by atoms with E-state index in [2.05, 4.69) is 16.5 Å². The minimum Gasteiger partial charge on any atom is -0.490 e. The molecule has 2 heterocycles. The third-order valence-electron chi connectivity index (χ3n) is 6.06. The van der Waals surface area contributed by atoms with Crippen molar-refractivity contribution >= 4 is 27.4 Å². The average molecular weight is 516 g/mol. The zero-order valence-corrected chi connectivity index (χ0v) is 21.5. The molecular weight excluding hydrogens is 486 g/mol. The van der Waals surface area contributed by atoms with E-state index in [1.165, 1.54) is 6.07 Å². The summed E-state index contributed by atoms with van der Waals surface area (Å²) in [5.41, 5.74) is 2.44. The summed E-state index contributed by atoms with van der Waals surface area (Å²) in [5, 5.41) is 0.386. The summed E-state index contributed by atoms with van der Waals surface area (Å²) in [7, 11) is -3.93. The lowest BCUT2D eigenvalue weighted by atomic mass is 10.1. The average Bonchev–Trinajstić information content (AvgIpc) is 3.05. The van der Waals surface area contributed by atoms with E-state index in [0.29, 0.717) is 22.9 Å². The summed E-state index contributed by atoms with van der Waals surface area (Å²) >= 11 is 6.18. The summed E-state index contributed by atoms with van der Waals surface area (Å²) in [6, 6.07) is 16.2. The Bertz CT molecular complexity index is 1270. The van der Waals surface area contributed by atoms with Crippen molar-refractivity contribution in [3.63, 3.8) is 0 Å². The molecule has 35 heavy (non-hydrogen) atoms. The first-order valence-electron chi connectivity index (χ1n) is 11.7. The molecule has 4 rings (SSSR count). The Morgan fingerprint density at radius 1 is 1.03 bits per heavy atom. The highest BCUT2D eigenvalue weighted by Crippen LogP contribution is 2.31. The predicted molar refractivity (Wildman–Crippen MR) is 138 cm³/mol. The molecular formula is C26H30ClN3O4S. The highest BCUT2D eigenvalue weighted by Gasteiger charge is 2.24. The van der Waals surface area contributed by atoms with Crippen LogP contribution in [0.1, 0.15) is 23.7 Å². The van der Waals surface area contributed by atoms with Gasteiger partial charge in [0.05, 0.1) is 4.90 Å². The zero-order chi connectivity index (χ0) is 24.8. The van der Waals surface area contributed by atoms with Crippen LogP contribution in [0.3, 0.4) is 0 Å². The first-order valence-corrected chi connectivity index (χ1v) is 13.6. The van der Waals surface area contributed by atoms with E-state index in [9.17, 15) is 8.42 Å². The molecule has 1 aromatic heterocycles. The maximum atomic E-state index is 13.3. The van der Waals surface area contributed by atoms with Crippen LogP contribution in [0, 0.1) is 6.92 Å². The highest BCUT2D eigenvalue weighted by molar-refractivity contribution is 7.92. The van der Waals surface area contributed by atoms with E-state index < -0.39 is 10.0 Å². The van der Waals surface area contributed by atoms with Crippen molar-refractivity contribution in [3.05, 3.63) is 76.4 Å². The molecule has 0 aliphatic carbocycles. The van der Waals surface area contributed by atoms with Crippen LogP contribution >= 0.6 is 11.6 Å². The van der Waals surface area contributed by atoms with Crippen LogP contribution < -0.4 is 14.2 Å². The lowest BCUT2D eigenvalue weighted by molar-refractivity contribution is 0.217. The van der Waals surface area contributed by atoms with Gasteiger partial charge in [-0.15, -0.1) is 0 Å². The number of anilines is 1. The number of nitrogens with one attached hydrogen (secondary N) is 1. The number of sulfonamides is 1. The number of likely N-dealkylation sites (N-methyl/N-ethyl adjacent to an activating group) is 1. The Morgan fingerprint density at radius 2 is 1.77 bits per heavy atom. The van der Waals surface area contributed by atoms with E-state index in [-0.39, 0.29) is 17.3 Å². The highest BCUT2D eigenvalue weighted by atomic mass is 35.5. The van der Waals surface area contributed by atoms with Gasteiger partial charge in [-0.2, -0.15) is 0 Å². The number of fused-ring (bicyclic) bond motifs is 1. The topological polar surface area (TPSA) is 80.8 Å². The Labute approximate surface area is 212 Å². The monoisotopic (exact) mass is 515 g/mol. The molecule has 0 saturated carbocycles. The molecule has 0 radical (unpaired) electrons. The van der Waals surface area contributed by atoms with Crippen molar-refractivity contribution in [1.82, 2.24) is 9.88 Å². The fraction of sp³-hybridized carbons (Fsp3) is 0.346. The van der Waals surface area contributed by atoms with E-state index in [1.807, 2.05) is 36.4 Å². The molecule has 0 saturated heterocycles. The molecule has 2 aromatic carbocycles. The standard InChI is InChI=1S/C26H30ClN3O4S/c1-3-30-14-12-20-18-24(34-17-16-33-21-8-5-4-6-9-21)26(28-23(20)13-15-30)29-35(31,32)25-11-7-10-22(27)19(25)2/h4-11,18H,3,12-17H2,1-2H3,(H,28,29). The Hall–Kier alpha value is -2.81. The lowest BCUT2D eigenvalue weighted by Gasteiger charge is -2.17. The van der Waals surface area contributed by atoms with Crippen LogP contribution in [0.25, 0.3) is 0 Å². The third-order valence-corrected chi connectivity index (χ3v) is 7.95. The predicted octanol–water partition coefficient (Wildman–Crippen LogP) is 4.72. The molecule has 0 spiro atoms. The maximum Gasteiger partial charge on any atom is 0.263 e. The molecule has 1 aliphatic rings. The summed E-state index contributed by atoms with van der Waals surface area (Å²) in [5.74, 6) is 1.30. The SMILES string of the molecule is CCN1CCc2cc(OCCOc3ccccc3)c(NS(=O)(=O)c3cccc(Cl)c3C)nc2CC1. The molecule has 1 aliphatic heterocycles. The van der Waals surface area contributed by atoms with Gasteiger partial charge in [0.2, 0.25) is 0 Å². The van der Waals surface area contributed by atoms with E-state index in [4.69, 9.17) is 26.1 Å². The summed E-state index contributed by atoms with van der Waals surface area (Å²) in [6.45, 7) is 7.12. The van der Waals surface area contributed by atoms with E-state index in [0.717, 1.165) is 49.5 Å². The van der Waals surface area contributed by atoms with E-state index >= 15 is 0 Å². The van der Waals surface area contributed by atoms with Gasteiger partial charge in [0, 0.05) is 30.2 Å². The van der Waals surface area contributed by atoms with Crippen molar-refractivity contribution in [2.45, 2.75) is 31.6 Å². The molecule has 7 nitrogen and oxygen atoms in total. The second kappa shape index (κ2) is 11.3. The minimum absolute atomic E-state index is 0.109. The normalized spacial score (nSPS) is 14.1. The smallest absolute Gasteiger partial charge is 0.263 e. The van der Waals surface area contributed by atoms with Gasteiger partial charge in [-0.25, -0.2) is 13.4 Å². The molecule has 0 fully saturated rings. The number of pyridine rings is 1. The number of benzene rings is 2. The molecule has 0 amide bonds. The number of aromatic nitrogens is 1. The second-order valence-corrected chi connectivity index (χ2v) is 10.4. The van der Waals surface area contributed by atoms with Gasteiger partial charge in [-0.3, -0.25) is 4.72 Å². The third kappa shape index (κ3) is 6.25. The fourth-order valence-corrected chi connectivity index (χ4v) is 5.56. The van der Waals surface area contributed by atoms with Crippen molar-refractivity contribution in [2.24, 2.45) is 0 Å². The largest absolute Gasteiger partial charge is 0.490 e. The number of nitrogens with zero attached hydrogens (tertiary/aromatic N) is 2. The molecule has 0 bridgehead atoms. The molecule has 0 unspecified atom stereocenters. The van der Waals surface area contributed by atoms with Gasteiger partial charge in [0.1, 0.15) is 19.0 Å². The number of para-hydroxylation sites is 1. The molecule has 0 atom stereocenters. The number of hydrogen-bond acceptors (Lipinski definition) is 6. The molecule has 3 aromatic rings. The fourth-order valence-electron chi connectivity index (χ4n) is 4.05. The van der Waals surface area contributed by atoms with Gasteiger partial charge < -0.3 is 14.4 Å². The quantitative estimate of drug-likeness (QED) is 0.415. The number of ether oxygens (including phenoxy) is 2.